The summed E-state index contributed by atoms with van der Waals surface area (Å²) in [4.78, 5) is 31.8. The summed E-state index contributed by atoms with van der Waals surface area (Å²) >= 11 is 1.14. The number of thioether (sulfide) groups is 1. The quantitative estimate of drug-likeness (QED) is 0.0433. The number of nitrogens with one attached hydrogen (secondary N) is 2. The summed E-state index contributed by atoms with van der Waals surface area (Å²) in [6.45, 7) is 11.1. The number of hydrogen-bond donors (Lipinski definition) is 2. The van der Waals surface area contributed by atoms with Crippen LogP contribution in [-0.2, 0) is 44.7 Å². The molecule has 3 heterocycles. The smallest absolute Gasteiger partial charge is 0.405 e. The van der Waals surface area contributed by atoms with Crippen LogP contribution in [0.3, 0.4) is 0 Å². The van der Waals surface area contributed by atoms with E-state index in [4.69, 9.17) is 32.7 Å². The Morgan fingerprint density at radius 2 is 1.43 bits per heavy atom. The van der Waals surface area contributed by atoms with E-state index in [1.807, 2.05) is 137 Å². The minimum absolute atomic E-state index is 0.0128. The van der Waals surface area contributed by atoms with Gasteiger partial charge in [-0.05, 0) is 79.8 Å². The summed E-state index contributed by atoms with van der Waals surface area (Å²) in [6, 6.07) is 36.6. The summed E-state index contributed by atoms with van der Waals surface area (Å²) in [5, 5.41) is 6.66. The standard InChI is InChI=1S/C49H59N4O10PS/c1-9-46(2,3)44(54)65-31-30-59-64(56,50-32-34-16-12-10-13-17-34)60-33-40-42-48(6,63-47(4,5)62-42)43(61-40)53-29-28-41(51-45(53)55)52-49(35-18-14-11-15-19-35,36-20-24-38(57-7)25-21-36)37-22-26-39(58-8)27-23-37/h10-29,40,42-43H,9,30-33H2,1-8H3,(H,50,56)(H,51,52,55)/t40-,42+,43-,48?,64?/m1/s1. The second-order valence-corrected chi connectivity index (χ2v) is 20.2. The normalized spacial score (nSPS) is 21.3. The van der Waals surface area contributed by atoms with Crippen LogP contribution < -0.4 is 25.6 Å². The van der Waals surface area contributed by atoms with Crippen molar-refractivity contribution in [3.63, 3.8) is 0 Å². The van der Waals surface area contributed by atoms with Gasteiger partial charge >= 0.3 is 13.4 Å². The maximum absolute atomic E-state index is 14.4. The first-order valence-electron chi connectivity index (χ1n) is 21.7. The van der Waals surface area contributed by atoms with Gasteiger partial charge in [-0.1, -0.05) is 117 Å². The third-order valence-corrected chi connectivity index (χ3v) is 14.7. The Labute approximate surface area is 385 Å². The summed E-state index contributed by atoms with van der Waals surface area (Å²) in [5.41, 5.74) is 0.143. The van der Waals surface area contributed by atoms with Crippen LogP contribution in [0.5, 0.6) is 11.5 Å². The highest BCUT2D eigenvalue weighted by Gasteiger charge is 2.64. The van der Waals surface area contributed by atoms with Crippen LogP contribution in [0.15, 0.2) is 126 Å². The Kier molecular flexibility index (Phi) is 14.8. The summed E-state index contributed by atoms with van der Waals surface area (Å²) < 4.78 is 58.4. The van der Waals surface area contributed by atoms with E-state index in [1.54, 1.807) is 40.3 Å². The number of anilines is 1. The Hall–Kier alpha value is -4.83. The molecule has 1 aromatic heterocycles. The lowest BCUT2D eigenvalue weighted by atomic mass is 9.77. The van der Waals surface area contributed by atoms with Gasteiger partial charge < -0.3 is 29.0 Å². The van der Waals surface area contributed by atoms with Gasteiger partial charge in [0.1, 0.15) is 40.7 Å². The first-order valence-corrected chi connectivity index (χ1v) is 24.2. The van der Waals surface area contributed by atoms with E-state index in [9.17, 15) is 14.2 Å². The Balaban J connectivity index is 1.17. The number of carbonyl (C=O) groups is 1. The minimum Gasteiger partial charge on any atom is -0.497 e. The van der Waals surface area contributed by atoms with Crippen molar-refractivity contribution < 1.29 is 42.1 Å². The van der Waals surface area contributed by atoms with Crippen molar-refractivity contribution >= 4 is 30.4 Å². The van der Waals surface area contributed by atoms with Gasteiger partial charge in [-0.2, -0.15) is 4.98 Å². The molecule has 2 aliphatic rings. The molecule has 2 unspecified atom stereocenters. The van der Waals surface area contributed by atoms with E-state index < -0.39 is 54.2 Å². The molecule has 0 amide bonds. The van der Waals surface area contributed by atoms with Crippen LogP contribution in [0, 0.1) is 5.41 Å². The molecule has 7 rings (SSSR count). The SMILES string of the molecule is CCC(C)(C)C(=O)SCCOP(=O)(NCc1ccccc1)OC[C@H]1O[C@@H](n2ccc(NC(c3ccccc3)(c3ccc(OC)cc3)c3ccc(OC)cc3)nc2=O)C2(C)OC(C)(C)O[C@@H]12. The molecule has 0 aliphatic carbocycles. The minimum atomic E-state index is -4.00. The summed E-state index contributed by atoms with van der Waals surface area (Å²) in [5.74, 6) is 0.899. The van der Waals surface area contributed by atoms with E-state index in [2.05, 4.69) is 15.4 Å². The summed E-state index contributed by atoms with van der Waals surface area (Å²) in [7, 11) is -0.763. The first kappa shape index (κ1) is 48.1. The molecule has 2 aliphatic heterocycles. The molecule has 5 atom stereocenters. The molecule has 0 spiro atoms. The van der Waals surface area contributed by atoms with Crippen molar-refractivity contribution in [2.24, 2.45) is 5.41 Å². The maximum Gasteiger partial charge on any atom is 0.405 e. The number of ether oxygens (including phenoxy) is 5. The molecule has 2 saturated heterocycles. The molecular formula is C49H59N4O10PS. The fourth-order valence-electron chi connectivity index (χ4n) is 8.17. The first-order chi connectivity index (χ1) is 31.0. The number of fused-ring (bicyclic) bond motifs is 1. The van der Waals surface area contributed by atoms with Crippen molar-refractivity contribution in [1.29, 1.82) is 0 Å². The summed E-state index contributed by atoms with van der Waals surface area (Å²) in [6.07, 6.45) is -0.326. The molecule has 2 N–H and O–H groups in total. The second kappa shape index (κ2) is 20.0. The van der Waals surface area contributed by atoms with Crippen molar-refractivity contribution in [1.82, 2.24) is 14.6 Å². The lowest BCUT2D eigenvalue weighted by Crippen LogP contribution is -2.45. The van der Waals surface area contributed by atoms with Crippen molar-refractivity contribution in [2.75, 3.05) is 38.5 Å². The van der Waals surface area contributed by atoms with Gasteiger partial charge in [-0.15, -0.1) is 0 Å². The molecule has 65 heavy (non-hydrogen) atoms. The second-order valence-electron chi connectivity index (χ2n) is 17.3. The van der Waals surface area contributed by atoms with E-state index in [1.165, 1.54) is 4.57 Å². The average Bonchev–Trinajstić information content (AvgIpc) is 3.72. The van der Waals surface area contributed by atoms with E-state index >= 15 is 0 Å². The lowest BCUT2D eigenvalue weighted by Gasteiger charge is -2.37. The van der Waals surface area contributed by atoms with Crippen LogP contribution in [-0.4, -0.2) is 71.4 Å². The topological polar surface area (TPSA) is 158 Å². The number of carbonyl (C=O) groups excluding carboxylic acids is 1. The number of rotatable bonds is 20. The molecule has 2 fully saturated rings. The third kappa shape index (κ3) is 10.6. The highest BCUT2D eigenvalue weighted by molar-refractivity contribution is 8.13. The van der Waals surface area contributed by atoms with Crippen LogP contribution >= 0.6 is 19.5 Å². The number of aromatic nitrogens is 2. The third-order valence-electron chi connectivity index (χ3n) is 12.0. The van der Waals surface area contributed by atoms with Gasteiger partial charge in [0, 0.05) is 23.9 Å². The molecule has 5 aromatic rings. The van der Waals surface area contributed by atoms with Gasteiger partial charge in [0.2, 0.25) is 0 Å². The molecule has 346 valence electrons. The molecule has 0 radical (unpaired) electrons. The molecule has 0 bridgehead atoms. The van der Waals surface area contributed by atoms with E-state index in [-0.39, 0.29) is 30.6 Å². The Bertz CT molecular complexity index is 2440. The van der Waals surface area contributed by atoms with Crippen LogP contribution in [0.25, 0.3) is 0 Å². The molecular weight excluding hydrogens is 868 g/mol. The number of hydrogen-bond acceptors (Lipinski definition) is 13. The fraction of sp³-hybridized carbons (Fsp3) is 0.408. The van der Waals surface area contributed by atoms with Gasteiger partial charge in [-0.25, -0.2) is 14.4 Å². The highest BCUT2D eigenvalue weighted by atomic mass is 32.2. The zero-order valence-corrected chi connectivity index (χ0v) is 39.9. The zero-order chi connectivity index (χ0) is 46.5. The van der Waals surface area contributed by atoms with Gasteiger partial charge in [0.05, 0.1) is 27.4 Å². The maximum atomic E-state index is 14.4. The number of nitrogens with zero attached hydrogens (tertiary/aromatic N) is 2. The van der Waals surface area contributed by atoms with Crippen LogP contribution in [0.2, 0.25) is 0 Å². The predicted octanol–water partition coefficient (Wildman–Crippen LogP) is 9.10. The van der Waals surface area contributed by atoms with Gasteiger partial charge in [0.25, 0.3) is 0 Å². The largest absolute Gasteiger partial charge is 0.497 e. The van der Waals surface area contributed by atoms with E-state index in [0.717, 1.165) is 34.0 Å². The van der Waals surface area contributed by atoms with E-state index in [0.29, 0.717) is 23.7 Å². The van der Waals surface area contributed by atoms with Gasteiger partial charge in [0.15, 0.2) is 17.1 Å². The monoisotopic (exact) mass is 926 g/mol. The van der Waals surface area contributed by atoms with Crippen LogP contribution in [0.1, 0.15) is 76.4 Å². The number of methoxy groups -OCH3 is 2. The average molecular weight is 927 g/mol. The highest BCUT2D eigenvalue weighted by Crippen LogP contribution is 2.53. The molecule has 14 nitrogen and oxygen atoms in total. The molecule has 0 saturated carbocycles. The zero-order valence-electron chi connectivity index (χ0n) is 38.1. The number of benzene rings is 4. The van der Waals surface area contributed by atoms with Crippen molar-refractivity contribution in [3.05, 3.63) is 154 Å². The Morgan fingerprint density at radius 3 is 2.00 bits per heavy atom. The van der Waals surface area contributed by atoms with Crippen molar-refractivity contribution in [2.45, 2.75) is 89.9 Å². The van der Waals surface area contributed by atoms with Gasteiger partial charge in [-0.3, -0.25) is 18.4 Å². The predicted molar refractivity (Wildman–Crippen MR) is 251 cm³/mol. The molecule has 4 aromatic carbocycles. The van der Waals surface area contributed by atoms with Crippen molar-refractivity contribution in [3.8, 4) is 11.5 Å². The Morgan fingerprint density at radius 1 is 0.846 bits per heavy atom. The van der Waals surface area contributed by atoms with Crippen LogP contribution in [0.4, 0.5) is 5.82 Å². The fourth-order valence-corrected chi connectivity index (χ4v) is 10.5. The molecule has 16 heteroatoms. The lowest BCUT2D eigenvalue weighted by molar-refractivity contribution is -0.217.